The zero-order valence-corrected chi connectivity index (χ0v) is 15.6. The van der Waals surface area contributed by atoms with Crippen molar-refractivity contribution in [1.82, 2.24) is 14.9 Å². The topological polar surface area (TPSA) is 69.4 Å². The number of hydrogen-bond donors (Lipinski definition) is 2. The minimum Gasteiger partial charge on any atom is -0.508 e. The van der Waals surface area contributed by atoms with Crippen molar-refractivity contribution in [3.05, 3.63) is 58.9 Å². The van der Waals surface area contributed by atoms with Gasteiger partial charge in [-0.05, 0) is 80.2 Å². The van der Waals surface area contributed by atoms with Gasteiger partial charge in [0.2, 0.25) is 4.77 Å². The second-order valence-electron chi connectivity index (χ2n) is 5.72. The van der Waals surface area contributed by atoms with E-state index < -0.39 is 0 Å². The highest BCUT2D eigenvalue weighted by Gasteiger charge is 2.09. The molecule has 7 heteroatoms. The van der Waals surface area contributed by atoms with E-state index in [2.05, 4.69) is 46.2 Å². The quantitative estimate of drug-likeness (QED) is 0.509. The van der Waals surface area contributed by atoms with E-state index in [0.717, 1.165) is 24.2 Å². The van der Waals surface area contributed by atoms with Gasteiger partial charge in [-0.1, -0.05) is 0 Å². The highest BCUT2D eigenvalue weighted by atomic mass is 32.1. The third kappa shape index (κ3) is 3.83. The molecule has 1 aromatic heterocycles. The normalized spacial score (nSPS) is 11.2. The van der Waals surface area contributed by atoms with Crippen LogP contribution >= 0.6 is 12.2 Å². The molecule has 0 amide bonds. The average Bonchev–Trinajstić information content (AvgIpc) is 3.03. The monoisotopic (exact) mass is 367 g/mol. The van der Waals surface area contributed by atoms with Crippen molar-refractivity contribution >= 4 is 24.1 Å². The number of benzene rings is 2. The van der Waals surface area contributed by atoms with E-state index in [1.54, 1.807) is 35.2 Å². The number of anilines is 1. The molecule has 2 N–H and O–H groups in total. The number of hydrogen-bond acceptors (Lipinski definition) is 5. The molecule has 1 heterocycles. The molecule has 134 valence electrons. The van der Waals surface area contributed by atoms with Gasteiger partial charge in [-0.25, -0.2) is 5.10 Å². The Bertz CT molecular complexity index is 937. The lowest BCUT2D eigenvalue weighted by molar-refractivity contribution is 0.475. The molecule has 0 bridgehead atoms. The zero-order valence-electron chi connectivity index (χ0n) is 14.8. The van der Waals surface area contributed by atoms with Crippen molar-refractivity contribution in [3.8, 4) is 17.1 Å². The number of aromatic nitrogens is 3. The van der Waals surface area contributed by atoms with E-state index in [-0.39, 0.29) is 5.75 Å². The highest BCUT2D eigenvalue weighted by Crippen LogP contribution is 2.22. The summed E-state index contributed by atoms with van der Waals surface area (Å²) < 4.78 is 2.01. The van der Waals surface area contributed by atoms with Crippen LogP contribution in [-0.4, -0.2) is 39.3 Å². The molecule has 0 unspecified atom stereocenters. The summed E-state index contributed by atoms with van der Waals surface area (Å²) in [6.45, 7) is 6.21. The third-order valence-electron chi connectivity index (χ3n) is 4.12. The van der Waals surface area contributed by atoms with Gasteiger partial charge >= 0.3 is 0 Å². The summed E-state index contributed by atoms with van der Waals surface area (Å²) in [5.74, 6) is 0.868. The van der Waals surface area contributed by atoms with E-state index in [0.29, 0.717) is 10.6 Å². The minimum atomic E-state index is 0.219. The predicted octanol–water partition coefficient (Wildman–Crippen LogP) is 4.04. The first kappa shape index (κ1) is 17.9. The molecular formula is C19H21N5OS. The van der Waals surface area contributed by atoms with E-state index in [9.17, 15) is 5.11 Å². The number of nitrogens with one attached hydrogen (secondary N) is 1. The number of nitrogens with zero attached hydrogens (tertiary/aromatic N) is 4. The van der Waals surface area contributed by atoms with Crippen molar-refractivity contribution < 1.29 is 5.11 Å². The largest absolute Gasteiger partial charge is 0.508 e. The van der Waals surface area contributed by atoms with Gasteiger partial charge in [-0.3, -0.25) is 0 Å². The van der Waals surface area contributed by atoms with Crippen LogP contribution in [0.3, 0.4) is 0 Å². The van der Waals surface area contributed by atoms with Gasteiger partial charge in [0.25, 0.3) is 0 Å². The number of aromatic amines is 1. The summed E-state index contributed by atoms with van der Waals surface area (Å²) >= 11 is 5.30. The summed E-state index contributed by atoms with van der Waals surface area (Å²) in [5.41, 5.74) is 2.96. The Balaban J connectivity index is 1.90. The third-order valence-corrected chi connectivity index (χ3v) is 4.38. The second-order valence-corrected chi connectivity index (χ2v) is 6.11. The maximum atomic E-state index is 9.36. The van der Waals surface area contributed by atoms with Crippen LogP contribution in [0.15, 0.2) is 53.6 Å². The fraction of sp³-hybridized carbons (Fsp3) is 0.211. The molecule has 0 fully saturated rings. The fourth-order valence-corrected chi connectivity index (χ4v) is 2.86. The van der Waals surface area contributed by atoms with Crippen LogP contribution in [-0.2, 0) is 0 Å². The molecule has 3 aromatic rings. The minimum absolute atomic E-state index is 0.219. The van der Waals surface area contributed by atoms with E-state index in [1.165, 1.54) is 5.69 Å². The smallest absolute Gasteiger partial charge is 0.216 e. The molecule has 26 heavy (non-hydrogen) atoms. The lowest BCUT2D eigenvalue weighted by atomic mass is 10.2. The van der Waals surface area contributed by atoms with E-state index in [1.807, 2.05) is 12.1 Å². The summed E-state index contributed by atoms with van der Waals surface area (Å²) in [5, 5.41) is 20.9. The molecule has 0 spiro atoms. The SMILES string of the molecule is CCN(CC)c1ccc(-c2n[nH]c(=S)n2/N=C/c2ccc(O)cc2)cc1. The first-order chi connectivity index (χ1) is 12.6. The number of phenols is 1. The van der Waals surface area contributed by atoms with Gasteiger partial charge in [-0.15, -0.1) is 0 Å². The first-order valence-corrected chi connectivity index (χ1v) is 8.89. The Labute approximate surface area is 157 Å². The van der Waals surface area contributed by atoms with Crippen LogP contribution in [0.4, 0.5) is 5.69 Å². The molecule has 2 aromatic carbocycles. The van der Waals surface area contributed by atoms with Crippen LogP contribution in [0.2, 0.25) is 0 Å². The lowest BCUT2D eigenvalue weighted by Crippen LogP contribution is -2.21. The van der Waals surface area contributed by atoms with Gasteiger partial charge in [0, 0.05) is 24.3 Å². The first-order valence-electron chi connectivity index (χ1n) is 8.48. The van der Waals surface area contributed by atoms with Crippen molar-refractivity contribution in [1.29, 1.82) is 0 Å². The maximum Gasteiger partial charge on any atom is 0.216 e. The van der Waals surface area contributed by atoms with Crippen molar-refractivity contribution in [2.24, 2.45) is 5.10 Å². The van der Waals surface area contributed by atoms with Crippen LogP contribution in [0.5, 0.6) is 5.75 Å². The van der Waals surface area contributed by atoms with Crippen LogP contribution in [0.1, 0.15) is 19.4 Å². The van der Waals surface area contributed by atoms with Gasteiger partial charge in [0.1, 0.15) is 5.75 Å². The molecule has 0 radical (unpaired) electrons. The molecule has 0 aliphatic rings. The van der Waals surface area contributed by atoms with Crippen molar-refractivity contribution in [3.63, 3.8) is 0 Å². The van der Waals surface area contributed by atoms with E-state index in [4.69, 9.17) is 12.2 Å². The average molecular weight is 367 g/mol. The molecule has 0 atom stereocenters. The van der Waals surface area contributed by atoms with Crippen LogP contribution in [0.25, 0.3) is 11.4 Å². The number of rotatable bonds is 6. The predicted molar refractivity (Wildman–Crippen MR) is 108 cm³/mol. The van der Waals surface area contributed by atoms with Gasteiger partial charge < -0.3 is 10.0 Å². The fourth-order valence-electron chi connectivity index (χ4n) is 2.68. The Morgan fingerprint density at radius 3 is 2.38 bits per heavy atom. The molecule has 0 saturated carbocycles. The second kappa shape index (κ2) is 7.97. The lowest BCUT2D eigenvalue weighted by Gasteiger charge is -2.20. The Hall–Kier alpha value is -2.93. The molecule has 0 saturated heterocycles. The highest BCUT2D eigenvalue weighted by molar-refractivity contribution is 7.71. The number of H-pyrrole nitrogens is 1. The Morgan fingerprint density at radius 1 is 1.12 bits per heavy atom. The summed E-state index contributed by atoms with van der Waals surface area (Å²) in [6.07, 6.45) is 1.68. The Kier molecular flexibility index (Phi) is 5.48. The van der Waals surface area contributed by atoms with Gasteiger partial charge in [0.15, 0.2) is 5.82 Å². The summed E-state index contributed by atoms with van der Waals surface area (Å²) in [7, 11) is 0. The molecule has 0 aliphatic carbocycles. The Morgan fingerprint density at radius 2 is 1.77 bits per heavy atom. The number of aromatic hydroxyl groups is 1. The molecule has 0 aliphatic heterocycles. The molecule has 6 nitrogen and oxygen atoms in total. The standard InChI is InChI=1S/C19H21N5OS/c1-3-23(4-2)16-9-7-15(8-10-16)18-21-22-19(26)24(18)20-13-14-5-11-17(25)12-6-14/h5-13,25H,3-4H2,1-2H3,(H,22,26)/b20-13+. The maximum absolute atomic E-state index is 9.36. The summed E-state index contributed by atoms with van der Waals surface area (Å²) in [4.78, 5) is 2.28. The summed E-state index contributed by atoms with van der Waals surface area (Å²) in [6, 6.07) is 15.0. The van der Waals surface area contributed by atoms with Gasteiger partial charge in [-0.2, -0.15) is 14.9 Å². The van der Waals surface area contributed by atoms with E-state index >= 15 is 0 Å². The van der Waals surface area contributed by atoms with Gasteiger partial charge in [0.05, 0.1) is 6.21 Å². The zero-order chi connectivity index (χ0) is 18.5. The van der Waals surface area contributed by atoms with Crippen LogP contribution in [0, 0.1) is 4.77 Å². The number of phenolic OH excluding ortho intramolecular Hbond substituents is 1. The molecular weight excluding hydrogens is 346 g/mol. The van der Waals surface area contributed by atoms with Crippen molar-refractivity contribution in [2.75, 3.05) is 18.0 Å². The van der Waals surface area contributed by atoms with Crippen LogP contribution < -0.4 is 4.90 Å². The molecule has 3 rings (SSSR count). The van der Waals surface area contributed by atoms with Crippen molar-refractivity contribution in [2.45, 2.75) is 13.8 Å².